The Balaban J connectivity index is 1.89. The first-order valence-corrected chi connectivity index (χ1v) is 7.46. The molecule has 0 saturated carbocycles. The van der Waals surface area contributed by atoms with Crippen molar-refractivity contribution in [2.24, 2.45) is 7.05 Å². The molecule has 0 bridgehead atoms. The Hall–Kier alpha value is -3.15. The molecule has 0 unspecified atom stereocenters. The van der Waals surface area contributed by atoms with Crippen molar-refractivity contribution in [1.29, 1.82) is 0 Å². The van der Waals surface area contributed by atoms with Gasteiger partial charge in [-0.05, 0) is 23.8 Å². The number of ether oxygens (including phenoxy) is 1. The largest absolute Gasteiger partial charge is 0.481 e. The highest BCUT2D eigenvalue weighted by molar-refractivity contribution is 5.94. The Morgan fingerprint density at radius 1 is 1.25 bits per heavy atom. The van der Waals surface area contributed by atoms with Gasteiger partial charge in [0, 0.05) is 31.2 Å². The molecular weight excluding hydrogens is 306 g/mol. The lowest BCUT2D eigenvalue weighted by atomic mass is 10.1. The van der Waals surface area contributed by atoms with E-state index < -0.39 is 5.91 Å². The second kappa shape index (κ2) is 6.54. The molecule has 2 heterocycles. The minimum absolute atomic E-state index is 0.116. The van der Waals surface area contributed by atoms with Crippen LogP contribution in [-0.2, 0) is 13.6 Å². The fraction of sp³-hybridized carbons (Fsp3) is 0.167. The zero-order valence-corrected chi connectivity index (χ0v) is 13.4. The SMILES string of the molecule is COc1cc(CNC(=O)c2cccn(C)c2=O)c2ccccc2n1. The van der Waals surface area contributed by atoms with Crippen LogP contribution in [0.4, 0.5) is 0 Å². The number of aromatic nitrogens is 2. The number of aryl methyl sites for hydroxylation is 1. The molecule has 0 spiro atoms. The van der Waals surface area contributed by atoms with Gasteiger partial charge in [0.2, 0.25) is 5.88 Å². The Morgan fingerprint density at radius 3 is 2.83 bits per heavy atom. The molecule has 0 atom stereocenters. The van der Waals surface area contributed by atoms with Crippen LogP contribution in [0.2, 0.25) is 0 Å². The molecule has 0 fully saturated rings. The summed E-state index contributed by atoms with van der Waals surface area (Å²) in [5, 5.41) is 3.72. The molecule has 6 heteroatoms. The van der Waals surface area contributed by atoms with Gasteiger partial charge in [-0.1, -0.05) is 18.2 Å². The van der Waals surface area contributed by atoms with E-state index in [-0.39, 0.29) is 17.7 Å². The van der Waals surface area contributed by atoms with Crippen LogP contribution in [-0.4, -0.2) is 22.6 Å². The second-order valence-corrected chi connectivity index (χ2v) is 5.36. The summed E-state index contributed by atoms with van der Waals surface area (Å²) in [6, 6.07) is 12.6. The molecular formula is C18H17N3O3. The number of benzene rings is 1. The minimum Gasteiger partial charge on any atom is -0.481 e. The van der Waals surface area contributed by atoms with Crippen molar-refractivity contribution < 1.29 is 9.53 Å². The number of para-hydroxylation sites is 1. The molecule has 24 heavy (non-hydrogen) atoms. The van der Waals surface area contributed by atoms with Crippen molar-refractivity contribution in [2.75, 3.05) is 7.11 Å². The van der Waals surface area contributed by atoms with Crippen LogP contribution in [0.25, 0.3) is 10.9 Å². The Labute approximate surface area is 138 Å². The maximum absolute atomic E-state index is 12.3. The summed E-state index contributed by atoms with van der Waals surface area (Å²) >= 11 is 0. The lowest BCUT2D eigenvalue weighted by molar-refractivity contribution is 0.0949. The third-order valence-corrected chi connectivity index (χ3v) is 3.79. The first-order valence-electron chi connectivity index (χ1n) is 7.46. The van der Waals surface area contributed by atoms with Crippen LogP contribution >= 0.6 is 0 Å². The molecule has 6 nitrogen and oxygen atoms in total. The second-order valence-electron chi connectivity index (χ2n) is 5.36. The quantitative estimate of drug-likeness (QED) is 0.795. The molecule has 3 rings (SSSR count). The van der Waals surface area contributed by atoms with E-state index in [9.17, 15) is 9.59 Å². The Bertz CT molecular complexity index is 963. The van der Waals surface area contributed by atoms with Crippen LogP contribution in [0.3, 0.4) is 0 Å². The zero-order valence-electron chi connectivity index (χ0n) is 13.4. The predicted octanol–water partition coefficient (Wildman–Crippen LogP) is 1.87. The number of nitrogens with one attached hydrogen (secondary N) is 1. The van der Waals surface area contributed by atoms with Gasteiger partial charge in [-0.15, -0.1) is 0 Å². The number of hydrogen-bond acceptors (Lipinski definition) is 4. The third kappa shape index (κ3) is 2.99. The summed E-state index contributed by atoms with van der Waals surface area (Å²) in [6.07, 6.45) is 1.61. The van der Waals surface area contributed by atoms with Gasteiger partial charge in [0.25, 0.3) is 11.5 Å². The summed E-state index contributed by atoms with van der Waals surface area (Å²) in [4.78, 5) is 28.7. The van der Waals surface area contributed by atoms with Gasteiger partial charge in [0.1, 0.15) is 5.56 Å². The van der Waals surface area contributed by atoms with Gasteiger partial charge >= 0.3 is 0 Å². The highest BCUT2D eigenvalue weighted by Gasteiger charge is 2.12. The summed E-state index contributed by atoms with van der Waals surface area (Å²) in [5.41, 5.74) is 1.45. The Kier molecular flexibility index (Phi) is 4.29. The number of amides is 1. The number of rotatable bonds is 4. The van der Waals surface area contributed by atoms with Crippen LogP contribution in [0.15, 0.2) is 53.5 Å². The van der Waals surface area contributed by atoms with E-state index in [1.54, 1.807) is 32.5 Å². The molecule has 0 radical (unpaired) electrons. The van der Waals surface area contributed by atoms with E-state index >= 15 is 0 Å². The highest BCUT2D eigenvalue weighted by atomic mass is 16.5. The van der Waals surface area contributed by atoms with Gasteiger partial charge in [0.15, 0.2) is 0 Å². The lowest BCUT2D eigenvalue weighted by Crippen LogP contribution is -2.31. The first-order chi connectivity index (χ1) is 11.6. The van der Waals surface area contributed by atoms with Gasteiger partial charge in [-0.2, -0.15) is 0 Å². The van der Waals surface area contributed by atoms with E-state index in [0.29, 0.717) is 5.88 Å². The van der Waals surface area contributed by atoms with E-state index in [1.807, 2.05) is 24.3 Å². The summed E-state index contributed by atoms with van der Waals surface area (Å²) in [7, 11) is 3.16. The number of pyridine rings is 2. The zero-order chi connectivity index (χ0) is 17.1. The number of carbonyl (C=O) groups is 1. The maximum atomic E-state index is 12.3. The molecule has 1 aromatic carbocycles. The van der Waals surface area contributed by atoms with E-state index in [2.05, 4.69) is 10.3 Å². The van der Waals surface area contributed by atoms with Crippen LogP contribution in [0.1, 0.15) is 15.9 Å². The number of nitrogens with zero attached hydrogens (tertiary/aromatic N) is 2. The summed E-state index contributed by atoms with van der Waals surface area (Å²) in [6.45, 7) is 0.274. The average Bonchev–Trinajstić information content (AvgIpc) is 2.61. The van der Waals surface area contributed by atoms with Crippen molar-refractivity contribution >= 4 is 16.8 Å². The number of methoxy groups -OCH3 is 1. The fourth-order valence-electron chi connectivity index (χ4n) is 2.51. The standard InChI is InChI=1S/C18H17N3O3/c1-21-9-5-7-14(18(21)23)17(22)19-11-12-10-16(24-2)20-15-8-4-3-6-13(12)15/h3-10H,11H2,1-2H3,(H,19,22). The molecule has 0 aliphatic carbocycles. The normalized spacial score (nSPS) is 10.6. The van der Waals surface area contributed by atoms with Crippen molar-refractivity contribution in [3.63, 3.8) is 0 Å². The van der Waals surface area contributed by atoms with Gasteiger partial charge in [-0.25, -0.2) is 4.98 Å². The summed E-state index contributed by atoms with van der Waals surface area (Å²) < 4.78 is 6.59. The third-order valence-electron chi connectivity index (χ3n) is 3.79. The topological polar surface area (TPSA) is 73.2 Å². The van der Waals surface area contributed by atoms with Gasteiger partial charge < -0.3 is 14.6 Å². The average molecular weight is 323 g/mol. The monoisotopic (exact) mass is 323 g/mol. The van der Waals surface area contributed by atoms with Gasteiger partial charge in [0.05, 0.1) is 12.6 Å². The molecule has 3 aromatic rings. The molecule has 2 aromatic heterocycles. The number of carbonyl (C=O) groups excluding carboxylic acids is 1. The van der Waals surface area contributed by atoms with E-state index in [1.165, 1.54) is 10.6 Å². The van der Waals surface area contributed by atoms with E-state index in [0.717, 1.165) is 16.5 Å². The molecule has 122 valence electrons. The Morgan fingerprint density at radius 2 is 2.04 bits per heavy atom. The summed E-state index contributed by atoms with van der Waals surface area (Å²) in [5.74, 6) is 0.0737. The molecule has 1 N–H and O–H groups in total. The number of hydrogen-bond donors (Lipinski definition) is 1. The smallest absolute Gasteiger partial charge is 0.263 e. The van der Waals surface area contributed by atoms with Crippen molar-refractivity contribution in [2.45, 2.75) is 6.54 Å². The van der Waals surface area contributed by atoms with E-state index in [4.69, 9.17) is 4.74 Å². The highest BCUT2D eigenvalue weighted by Crippen LogP contribution is 2.21. The van der Waals surface area contributed by atoms with Crippen molar-refractivity contribution in [3.8, 4) is 5.88 Å². The molecule has 0 aliphatic rings. The maximum Gasteiger partial charge on any atom is 0.263 e. The molecule has 0 saturated heterocycles. The first kappa shape index (κ1) is 15.7. The van der Waals surface area contributed by atoms with Gasteiger partial charge in [-0.3, -0.25) is 9.59 Å². The number of fused-ring (bicyclic) bond motifs is 1. The van der Waals surface area contributed by atoms with Crippen molar-refractivity contribution in [3.05, 3.63) is 70.1 Å². The van der Waals surface area contributed by atoms with Crippen molar-refractivity contribution in [1.82, 2.24) is 14.9 Å². The fourth-order valence-corrected chi connectivity index (χ4v) is 2.51. The lowest BCUT2D eigenvalue weighted by Gasteiger charge is -2.10. The van der Waals surface area contributed by atoms with Crippen LogP contribution in [0, 0.1) is 0 Å². The molecule has 0 aliphatic heterocycles. The van der Waals surface area contributed by atoms with Crippen LogP contribution < -0.4 is 15.6 Å². The predicted molar refractivity (Wildman–Crippen MR) is 91.1 cm³/mol. The van der Waals surface area contributed by atoms with Crippen LogP contribution in [0.5, 0.6) is 5.88 Å². The minimum atomic E-state index is -0.406. The molecule has 1 amide bonds.